The van der Waals surface area contributed by atoms with Crippen LogP contribution in [-0.2, 0) is 32.7 Å². The summed E-state index contributed by atoms with van der Waals surface area (Å²) in [5.74, 6) is -1.11. The van der Waals surface area contributed by atoms with Crippen molar-refractivity contribution in [3.63, 3.8) is 0 Å². The first-order chi connectivity index (χ1) is 29.2. The lowest BCUT2D eigenvalue weighted by molar-refractivity contribution is -0.161. The van der Waals surface area contributed by atoms with Crippen molar-refractivity contribution >= 4 is 19.8 Å². The Balaban J connectivity index is 4.53. The monoisotopic (exact) mass is 861 g/mol. The molecule has 0 amide bonds. The van der Waals surface area contributed by atoms with Crippen molar-refractivity contribution in [3.8, 4) is 0 Å². The van der Waals surface area contributed by atoms with Gasteiger partial charge in [-0.3, -0.25) is 18.6 Å². The number of phosphoric ester groups is 1. The summed E-state index contributed by atoms with van der Waals surface area (Å²) in [5, 5.41) is 27.1. The Morgan fingerprint density at radius 1 is 0.517 bits per heavy atom. The Labute approximate surface area is 361 Å². The van der Waals surface area contributed by atoms with Crippen molar-refractivity contribution in [3.05, 3.63) is 109 Å². The van der Waals surface area contributed by atoms with E-state index >= 15 is 0 Å². The van der Waals surface area contributed by atoms with Gasteiger partial charge < -0.3 is 29.7 Å². The van der Waals surface area contributed by atoms with E-state index < -0.39 is 51.8 Å². The van der Waals surface area contributed by atoms with E-state index in [0.29, 0.717) is 19.3 Å². The van der Waals surface area contributed by atoms with Gasteiger partial charge in [-0.15, -0.1) is 0 Å². The molecule has 11 nitrogen and oxygen atoms in total. The third kappa shape index (κ3) is 42.7. The maximum atomic E-state index is 12.6. The molecule has 12 heteroatoms. The number of esters is 2. The van der Waals surface area contributed by atoms with Crippen LogP contribution >= 0.6 is 7.82 Å². The molecule has 0 aromatic carbocycles. The number of aliphatic hydroxyl groups is 3. The average Bonchev–Trinajstić information content (AvgIpc) is 3.24. The molecule has 340 valence electrons. The molecule has 0 saturated carbocycles. The van der Waals surface area contributed by atoms with Crippen molar-refractivity contribution in [2.45, 2.75) is 148 Å². The molecule has 0 fully saturated rings. The molecule has 0 aliphatic rings. The lowest BCUT2D eigenvalue weighted by Crippen LogP contribution is -2.29. The van der Waals surface area contributed by atoms with Crippen LogP contribution < -0.4 is 0 Å². The minimum atomic E-state index is -4.66. The highest BCUT2D eigenvalue weighted by atomic mass is 31.2. The van der Waals surface area contributed by atoms with Crippen molar-refractivity contribution < 1.29 is 52.9 Å². The minimum absolute atomic E-state index is 0.0761. The summed E-state index contributed by atoms with van der Waals surface area (Å²) in [5.41, 5.74) is 0. The summed E-state index contributed by atoms with van der Waals surface area (Å²) in [6.07, 6.45) is 52.3. The van der Waals surface area contributed by atoms with Crippen LogP contribution in [0.5, 0.6) is 0 Å². The zero-order chi connectivity index (χ0) is 44.0. The van der Waals surface area contributed by atoms with Crippen LogP contribution in [0, 0.1) is 0 Å². The quantitative estimate of drug-likeness (QED) is 0.0200. The molecule has 0 bridgehead atoms. The smallest absolute Gasteiger partial charge is 0.462 e. The maximum absolute atomic E-state index is 12.6. The number of unbranched alkanes of at least 4 members (excludes halogenated alkanes) is 7. The highest BCUT2D eigenvalue weighted by Gasteiger charge is 2.27. The maximum Gasteiger partial charge on any atom is 0.472 e. The van der Waals surface area contributed by atoms with Crippen LogP contribution in [0.2, 0.25) is 0 Å². The number of aliphatic hydroxyl groups excluding tert-OH is 3. The molecular formula is C48H77O11P. The summed E-state index contributed by atoms with van der Waals surface area (Å²) < 4.78 is 32.5. The van der Waals surface area contributed by atoms with E-state index in [9.17, 15) is 24.2 Å². The Morgan fingerprint density at radius 2 is 0.950 bits per heavy atom. The highest BCUT2D eigenvalue weighted by molar-refractivity contribution is 7.47. The van der Waals surface area contributed by atoms with Gasteiger partial charge in [-0.05, 0) is 96.3 Å². The number of carbonyl (C=O) groups excluding carboxylic acids is 2. The van der Waals surface area contributed by atoms with Crippen molar-refractivity contribution in [2.75, 3.05) is 33.0 Å². The zero-order valence-corrected chi connectivity index (χ0v) is 37.2. The predicted molar refractivity (Wildman–Crippen MR) is 243 cm³/mol. The van der Waals surface area contributed by atoms with Gasteiger partial charge in [0, 0.05) is 19.4 Å². The van der Waals surface area contributed by atoms with Crippen LogP contribution in [0.15, 0.2) is 109 Å². The van der Waals surface area contributed by atoms with E-state index in [1.165, 1.54) is 25.7 Å². The lowest BCUT2D eigenvalue weighted by atomic mass is 10.2. The number of carbonyl (C=O) groups is 2. The molecule has 60 heavy (non-hydrogen) atoms. The van der Waals surface area contributed by atoms with Gasteiger partial charge in [-0.1, -0.05) is 136 Å². The molecule has 0 aliphatic carbocycles. The number of allylic oxidation sites excluding steroid dienone is 18. The SMILES string of the molecule is CCCCC/C=C\C/C=C\C/C=C\C/C=C\C/C=C\CCC(=O)OC[C@H](COP(=O)(O)OC[C@@H](O)CO)OC(=O)CCC/C=C\C/C=C\C/C=C\C/C=C\CCCCCO. The molecule has 0 saturated heterocycles. The fraction of sp³-hybridized carbons (Fsp3) is 0.583. The Kier molecular flexibility index (Phi) is 41.2. The van der Waals surface area contributed by atoms with Crippen molar-refractivity contribution in [2.24, 2.45) is 0 Å². The highest BCUT2D eigenvalue weighted by Crippen LogP contribution is 2.43. The molecule has 0 aromatic heterocycles. The summed E-state index contributed by atoms with van der Waals surface area (Å²) in [6.45, 7) is 0.177. The molecule has 0 radical (unpaired) electrons. The van der Waals surface area contributed by atoms with Gasteiger partial charge in [0.05, 0.1) is 19.8 Å². The number of rotatable bonds is 40. The second-order valence-electron chi connectivity index (χ2n) is 14.1. The Hall–Kier alpha value is -3.41. The fourth-order valence-electron chi connectivity index (χ4n) is 5.06. The lowest BCUT2D eigenvalue weighted by Gasteiger charge is -2.20. The molecule has 0 aliphatic heterocycles. The van der Waals surface area contributed by atoms with Crippen molar-refractivity contribution in [1.29, 1.82) is 0 Å². The summed E-state index contributed by atoms with van der Waals surface area (Å²) >= 11 is 0. The Bertz CT molecular complexity index is 1360. The van der Waals surface area contributed by atoms with E-state index in [2.05, 4.69) is 96.5 Å². The largest absolute Gasteiger partial charge is 0.472 e. The van der Waals surface area contributed by atoms with E-state index in [1.807, 2.05) is 24.3 Å². The van der Waals surface area contributed by atoms with E-state index in [4.69, 9.17) is 24.2 Å². The number of hydrogen-bond donors (Lipinski definition) is 4. The van der Waals surface area contributed by atoms with Crippen molar-refractivity contribution in [1.82, 2.24) is 0 Å². The predicted octanol–water partition coefficient (Wildman–Crippen LogP) is 10.7. The minimum Gasteiger partial charge on any atom is -0.462 e. The molecular weight excluding hydrogens is 783 g/mol. The van der Waals surface area contributed by atoms with Crippen LogP contribution in [-0.4, -0.2) is 77.4 Å². The molecule has 0 rings (SSSR count). The van der Waals surface area contributed by atoms with Gasteiger partial charge in [0.15, 0.2) is 6.10 Å². The van der Waals surface area contributed by atoms with Crippen LogP contribution in [0.25, 0.3) is 0 Å². The molecule has 0 heterocycles. The van der Waals surface area contributed by atoms with Gasteiger partial charge in [-0.2, -0.15) is 0 Å². The molecule has 0 spiro atoms. The fourth-order valence-corrected chi connectivity index (χ4v) is 5.85. The van der Waals surface area contributed by atoms with E-state index in [-0.39, 0.29) is 26.1 Å². The number of hydrogen-bond acceptors (Lipinski definition) is 10. The first kappa shape index (κ1) is 56.6. The van der Waals surface area contributed by atoms with Crippen LogP contribution in [0.4, 0.5) is 0 Å². The molecule has 4 N–H and O–H groups in total. The van der Waals surface area contributed by atoms with E-state index in [0.717, 1.165) is 70.6 Å². The topological polar surface area (TPSA) is 169 Å². The molecule has 0 aromatic rings. The van der Waals surface area contributed by atoms with Gasteiger partial charge in [0.1, 0.15) is 12.7 Å². The second-order valence-corrected chi connectivity index (χ2v) is 15.5. The zero-order valence-electron chi connectivity index (χ0n) is 36.3. The van der Waals surface area contributed by atoms with E-state index in [1.54, 1.807) is 0 Å². The van der Waals surface area contributed by atoms with Gasteiger partial charge in [0.25, 0.3) is 0 Å². The normalized spacial score (nSPS) is 14.8. The van der Waals surface area contributed by atoms with Gasteiger partial charge in [0.2, 0.25) is 0 Å². The third-order valence-corrected chi connectivity index (χ3v) is 9.42. The van der Waals surface area contributed by atoms with Crippen LogP contribution in [0.1, 0.15) is 135 Å². The summed E-state index contributed by atoms with van der Waals surface area (Å²) in [7, 11) is -4.66. The Morgan fingerprint density at radius 3 is 1.42 bits per heavy atom. The molecule has 1 unspecified atom stereocenters. The number of ether oxygens (including phenoxy) is 2. The average molecular weight is 861 g/mol. The number of phosphoric acid groups is 1. The first-order valence-electron chi connectivity index (χ1n) is 22.0. The standard InChI is InChI=1S/C48H77O11P/c1-2-3-4-5-6-7-8-9-10-11-12-14-17-20-23-26-29-32-35-38-47(52)56-43-46(44-58-60(54,55)57-42-45(51)41-50)59-48(53)39-36-33-30-27-24-21-18-15-13-16-19-22-25-28-31-34-37-40-49/h6-7,9-10,12-14,16,18,20-23,25,27,29-30,32,45-46,49-51H,2-5,8,11,15,17,19,24,26,28,31,33-44H2,1H3,(H,54,55)/b7-6-,10-9-,14-12-,16-13-,21-18-,23-20-,25-22-,30-27-,32-29-/t45-,46+/m0/s1. The summed E-state index contributed by atoms with van der Waals surface area (Å²) in [4.78, 5) is 34.9. The van der Waals surface area contributed by atoms with Crippen LogP contribution in [0.3, 0.4) is 0 Å². The third-order valence-electron chi connectivity index (χ3n) is 8.47. The first-order valence-corrected chi connectivity index (χ1v) is 23.4. The summed E-state index contributed by atoms with van der Waals surface area (Å²) in [6, 6.07) is 0. The molecule has 3 atom stereocenters. The van der Waals surface area contributed by atoms with Gasteiger partial charge in [-0.25, -0.2) is 4.57 Å². The second kappa shape index (κ2) is 43.7. The van der Waals surface area contributed by atoms with Gasteiger partial charge >= 0.3 is 19.8 Å².